The molecule has 0 aliphatic rings. The zero-order chi connectivity index (χ0) is 17.9. The molecule has 6 heteroatoms. The highest BCUT2D eigenvalue weighted by Crippen LogP contribution is 2.25. The smallest absolute Gasteiger partial charge is 0.262 e. The van der Waals surface area contributed by atoms with E-state index in [1.165, 1.54) is 0 Å². The lowest BCUT2D eigenvalue weighted by Gasteiger charge is -2.11. The van der Waals surface area contributed by atoms with Gasteiger partial charge in [0.15, 0.2) is 18.1 Å². The maximum Gasteiger partial charge on any atom is 0.262 e. The molecule has 1 N–H and O–H groups in total. The fourth-order valence-corrected chi connectivity index (χ4v) is 2.08. The molecule has 0 radical (unpaired) electrons. The Morgan fingerprint density at radius 1 is 0.960 bits per heavy atom. The molecule has 2 rings (SSSR count). The van der Waals surface area contributed by atoms with Crippen LogP contribution in [0.5, 0.6) is 17.2 Å². The number of hydrogen-bond acceptors (Lipinski definition) is 5. The molecule has 0 aliphatic heterocycles. The topological polar surface area (TPSA) is 66.0 Å². The number of para-hydroxylation sites is 2. The predicted molar refractivity (Wildman–Crippen MR) is 95.5 cm³/mol. The van der Waals surface area contributed by atoms with Crippen LogP contribution in [-0.2, 0) is 9.53 Å². The first-order chi connectivity index (χ1) is 12.2. The molecule has 0 aromatic heterocycles. The summed E-state index contributed by atoms with van der Waals surface area (Å²) >= 11 is 0. The Morgan fingerprint density at radius 2 is 1.68 bits per heavy atom. The number of hydrogen-bond donors (Lipinski definition) is 1. The molecule has 6 nitrogen and oxygen atoms in total. The van der Waals surface area contributed by atoms with Crippen molar-refractivity contribution in [3.8, 4) is 17.2 Å². The molecule has 0 saturated heterocycles. The molecule has 0 heterocycles. The minimum absolute atomic E-state index is 0.104. The minimum atomic E-state index is -0.254. The van der Waals surface area contributed by atoms with Crippen LogP contribution in [0.15, 0.2) is 48.5 Å². The molecule has 0 unspecified atom stereocenters. The number of methoxy groups -OCH3 is 1. The Balaban J connectivity index is 1.78. The van der Waals surface area contributed by atoms with Gasteiger partial charge in [-0.05, 0) is 43.3 Å². The number of carbonyl (C=O) groups excluding carboxylic acids is 1. The summed E-state index contributed by atoms with van der Waals surface area (Å²) < 4.78 is 21.4. The molecule has 134 valence electrons. The van der Waals surface area contributed by atoms with E-state index in [1.807, 2.05) is 19.1 Å². The molecular weight excluding hydrogens is 322 g/mol. The summed E-state index contributed by atoms with van der Waals surface area (Å²) in [5.41, 5.74) is 0.672. The normalized spacial score (nSPS) is 10.2. The van der Waals surface area contributed by atoms with Gasteiger partial charge in [0, 0.05) is 12.3 Å². The molecule has 25 heavy (non-hydrogen) atoms. The standard InChI is InChI=1S/C19H23NO5/c1-3-23-12-13-24-16-10-8-15(9-11-16)20-19(21)14-25-18-7-5-4-6-17(18)22-2/h4-11H,3,12-14H2,1-2H3,(H,20,21). The van der Waals surface area contributed by atoms with E-state index in [9.17, 15) is 4.79 Å². The van der Waals surface area contributed by atoms with E-state index in [0.717, 1.165) is 5.75 Å². The fraction of sp³-hybridized carbons (Fsp3) is 0.316. The number of ether oxygens (including phenoxy) is 4. The van der Waals surface area contributed by atoms with Crippen LogP contribution in [0.4, 0.5) is 5.69 Å². The second kappa shape index (κ2) is 10.2. The van der Waals surface area contributed by atoms with Gasteiger partial charge >= 0.3 is 0 Å². The third-order valence-electron chi connectivity index (χ3n) is 3.27. The third kappa shape index (κ3) is 6.35. The van der Waals surface area contributed by atoms with Crippen molar-refractivity contribution < 1.29 is 23.7 Å². The maximum absolute atomic E-state index is 12.0. The van der Waals surface area contributed by atoms with Crippen molar-refractivity contribution in [1.82, 2.24) is 0 Å². The Kier molecular flexibility index (Phi) is 7.59. The average molecular weight is 345 g/mol. The van der Waals surface area contributed by atoms with Crippen molar-refractivity contribution in [1.29, 1.82) is 0 Å². The molecular formula is C19H23NO5. The van der Waals surface area contributed by atoms with Gasteiger partial charge in [-0.1, -0.05) is 12.1 Å². The molecule has 0 fully saturated rings. The Labute approximate surface area is 147 Å². The number of rotatable bonds is 10. The van der Waals surface area contributed by atoms with Gasteiger partial charge in [0.2, 0.25) is 0 Å². The van der Waals surface area contributed by atoms with Crippen molar-refractivity contribution in [2.75, 3.05) is 38.9 Å². The number of amides is 1. The van der Waals surface area contributed by atoms with E-state index in [0.29, 0.717) is 37.0 Å². The van der Waals surface area contributed by atoms with E-state index in [-0.39, 0.29) is 12.5 Å². The van der Waals surface area contributed by atoms with Gasteiger partial charge in [-0.25, -0.2) is 0 Å². The summed E-state index contributed by atoms with van der Waals surface area (Å²) in [5, 5.41) is 2.77. The lowest BCUT2D eigenvalue weighted by Crippen LogP contribution is -2.20. The highest BCUT2D eigenvalue weighted by atomic mass is 16.5. The van der Waals surface area contributed by atoms with Gasteiger partial charge in [-0.2, -0.15) is 0 Å². The maximum atomic E-state index is 12.0. The molecule has 0 saturated carbocycles. The largest absolute Gasteiger partial charge is 0.493 e. The Morgan fingerprint density at radius 3 is 2.36 bits per heavy atom. The summed E-state index contributed by atoms with van der Waals surface area (Å²) in [5.74, 6) is 1.58. The molecule has 0 bridgehead atoms. The zero-order valence-electron chi connectivity index (χ0n) is 14.5. The van der Waals surface area contributed by atoms with Gasteiger partial charge in [0.1, 0.15) is 12.4 Å². The van der Waals surface area contributed by atoms with Crippen LogP contribution in [0.3, 0.4) is 0 Å². The predicted octanol–water partition coefficient (Wildman–Crippen LogP) is 3.13. The Bertz CT molecular complexity index is 657. The van der Waals surface area contributed by atoms with E-state index in [2.05, 4.69) is 5.32 Å². The first kappa shape index (κ1) is 18.6. The zero-order valence-corrected chi connectivity index (χ0v) is 14.5. The molecule has 0 spiro atoms. The highest BCUT2D eigenvalue weighted by molar-refractivity contribution is 5.91. The SMILES string of the molecule is CCOCCOc1ccc(NC(=O)COc2ccccc2OC)cc1. The van der Waals surface area contributed by atoms with Crippen molar-refractivity contribution in [3.63, 3.8) is 0 Å². The van der Waals surface area contributed by atoms with Crippen LogP contribution in [0, 0.1) is 0 Å². The molecule has 1 amide bonds. The highest BCUT2D eigenvalue weighted by Gasteiger charge is 2.07. The van der Waals surface area contributed by atoms with E-state index >= 15 is 0 Å². The van der Waals surface area contributed by atoms with Crippen LogP contribution in [-0.4, -0.2) is 39.4 Å². The molecule has 2 aromatic carbocycles. The molecule has 0 atom stereocenters. The summed E-state index contributed by atoms with van der Waals surface area (Å²) in [6, 6.07) is 14.3. The quantitative estimate of drug-likeness (QED) is 0.670. The minimum Gasteiger partial charge on any atom is -0.493 e. The monoisotopic (exact) mass is 345 g/mol. The summed E-state index contributed by atoms with van der Waals surface area (Å²) in [7, 11) is 1.56. The van der Waals surface area contributed by atoms with Gasteiger partial charge < -0.3 is 24.3 Å². The van der Waals surface area contributed by atoms with Crippen molar-refractivity contribution >= 4 is 11.6 Å². The summed E-state index contributed by atoms with van der Waals surface area (Å²) in [6.45, 7) is 3.55. The van der Waals surface area contributed by atoms with Crippen LogP contribution >= 0.6 is 0 Å². The lowest BCUT2D eigenvalue weighted by atomic mass is 10.3. The first-order valence-electron chi connectivity index (χ1n) is 8.09. The van der Waals surface area contributed by atoms with Crippen molar-refractivity contribution in [2.24, 2.45) is 0 Å². The van der Waals surface area contributed by atoms with Crippen molar-refractivity contribution in [2.45, 2.75) is 6.92 Å². The second-order valence-corrected chi connectivity index (χ2v) is 5.06. The number of nitrogens with one attached hydrogen (secondary N) is 1. The van der Waals surface area contributed by atoms with Gasteiger partial charge in [-0.3, -0.25) is 4.79 Å². The molecule has 2 aromatic rings. The van der Waals surface area contributed by atoms with E-state index in [4.69, 9.17) is 18.9 Å². The van der Waals surface area contributed by atoms with E-state index < -0.39 is 0 Å². The van der Waals surface area contributed by atoms with E-state index in [1.54, 1.807) is 43.5 Å². The van der Waals surface area contributed by atoms with Crippen LogP contribution < -0.4 is 19.5 Å². The number of carbonyl (C=O) groups is 1. The third-order valence-corrected chi connectivity index (χ3v) is 3.27. The van der Waals surface area contributed by atoms with Crippen LogP contribution in [0.1, 0.15) is 6.92 Å². The Hall–Kier alpha value is -2.73. The second-order valence-electron chi connectivity index (χ2n) is 5.06. The van der Waals surface area contributed by atoms with Crippen LogP contribution in [0.25, 0.3) is 0 Å². The molecule has 0 aliphatic carbocycles. The number of anilines is 1. The number of benzene rings is 2. The van der Waals surface area contributed by atoms with Gasteiger partial charge in [0.05, 0.1) is 13.7 Å². The first-order valence-corrected chi connectivity index (χ1v) is 8.09. The lowest BCUT2D eigenvalue weighted by molar-refractivity contribution is -0.118. The summed E-state index contributed by atoms with van der Waals surface area (Å²) in [4.78, 5) is 12.0. The van der Waals surface area contributed by atoms with Gasteiger partial charge in [0.25, 0.3) is 5.91 Å². The summed E-state index contributed by atoms with van der Waals surface area (Å²) in [6.07, 6.45) is 0. The average Bonchev–Trinajstić information content (AvgIpc) is 2.65. The van der Waals surface area contributed by atoms with Crippen LogP contribution in [0.2, 0.25) is 0 Å². The fourth-order valence-electron chi connectivity index (χ4n) is 2.08. The van der Waals surface area contributed by atoms with Crippen molar-refractivity contribution in [3.05, 3.63) is 48.5 Å². The van der Waals surface area contributed by atoms with Gasteiger partial charge in [-0.15, -0.1) is 0 Å².